The van der Waals surface area contributed by atoms with E-state index in [1.165, 1.54) is 5.56 Å². The number of carbonyl (C=O) groups is 1. The minimum absolute atomic E-state index is 0.364. The van der Waals surface area contributed by atoms with Crippen molar-refractivity contribution in [1.82, 2.24) is 0 Å². The molecule has 0 radical (unpaired) electrons. The number of aromatic carboxylic acids is 1. The Morgan fingerprint density at radius 2 is 2.00 bits per heavy atom. The summed E-state index contributed by atoms with van der Waals surface area (Å²) in [5, 5.41) is 8.77. The van der Waals surface area contributed by atoms with E-state index < -0.39 is 5.97 Å². The molecule has 0 saturated carbocycles. The maximum atomic E-state index is 10.7. The number of hydrogen-bond donors (Lipinski definition) is 1. The molecule has 0 aliphatic heterocycles. The molecule has 0 aliphatic carbocycles. The lowest BCUT2D eigenvalue weighted by Gasteiger charge is -2.13. The largest absolute Gasteiger partial charge is 0.478 e. The lowest BCUT2D eigenvalue weighted by atomic mass is 9.93. The van der Waals surface area contributed by atoms with Crippen molar-refractivity contribution in [3.05, 3.63) is 35.4 Å². The van der Waals surface area contributed by atoms with E-state index in [2.05, 4.69) is 29.5 Å². The molecule has 0 aromatic heterocycles. The Labute approximate surface area is 104 Å². The van der Waals surface area contributed by atoms with Crippen molar-refractivity contribution in [2.24, 2.45) is 0 Å². The van der Waals surface area contributed by atoms with Gasteiger partial charge in [0.15, 0.2) is 0 Å². The second-order valence-corrected chi connectivity index (χ2v) is 4.59. The summed E-state index contributed by atoms with van der Waals surface area (Å²) in [5.74, 6) is -0.298. The summed E-state index contributed by atoms with van der Waals surface area (Å²) in [5.41, 5.74) is 1.61. The lowest BCUT2D eigenvalue weighted by Crippen LogP contribution is -2.00. The van der Waals surface area contributed by atoms with Gasteiger partial charge >= 0.3 is 5.97 Å². The molecule has 1 atom stereocenters. The zero-order valence-corrected chi connectivity index (χ0v) is 10.9. The normalized spacial score (nSPS) is 12.4. The van der Waals surface area contributed by atoms with Crippen LogP contribution < -0.4 is 0 Å². The van der Waals surface area contributed by atoms with E-state index in [4.69, 9.17) is 5.11 Å². The highest BCUT2D eigenvalue weighted by Gasteiger charge is 2.09. The summed E-state index contributed by atoms with van der Waals surface area (Å²) >= 11 is 2.38. The van der Waals surface area contributed by atoms with Crippen molar-refractivity contribution < 1.29 is 9.90 Å². The first kappa shape index (κ1) is 12.5. The molecular weight excluding hydrogens is 303 g/mol. The summed E-state index contributed by atoms with van der Waals surface area (Å²) in [4.78, 5) is 10.7. The Balaban J connectivity index is 2.81. The van der Waals surface area contributed by atoms with Gasteiger partial charge in [-0.25, -0.2) is 4.79 Å². The second kappa shape index (κ2) is 6.10. The average Bonchev–Trinajstić information content (AvgIpc) is 2.26. The summed E-state index contributed by atoms with van der Waals surface area (Å²) in [6.07, 6.45) is 2.26. The molecule has 3 heteroatoms. The van der Waals surface area contributed by atoms with Gasteiger partial charge in [0.1, 0.15) is 0 Å². The van der Waals surface area contributed by atoms with Gasteiger partial charge in [0, 0.05) is 4.43 Å². The highest BCUT2D eigenvalue weighted by Crippen LogP contribution is 2.24. The zero-order valence-electron chi connectivity index (χ0n) is 8.74. The molecule has 2 nitrogen and oxygen atoms in total. The molecule has 1 rings (SSSR count). The van der Waals surface area contributed by atoms with Gasteiger partial charge in [0.25, 0.3) is 0 Å². The number of benzene rings is 1. The monoisotopic (exact) mass is 318 g/mol. The van der Waals surface area contributed by atoms with Crippen LogP contribution in [0.3, 0.4) is 0 Å². The van der Waals surface area contributed by atoms with E-state index in [1.54, 1.807) is 12.1 Å². The minimum atomic E-state index is -0.858. The number of carboxylic acid groups (broad SMARTS) is 1. The molecule has 1 N–H and O–H groups in total. The number of alkyl halides is 1. The smallest absolute Gasteiger partial charge is 0.335 e. The Bertz CT molecular complexity index is 319. The van der Waals surface area contributed by atoms with Gasteiger partial charge < -0.3 is 5.11 Å². The fraction of sp³-hybridized carbons (Fsp3) is 0.417. The summed E-state index contributed by atoms with van der Waals surface area (Å²) < 4.78 is 1.14. The highest BCUT2D eigenvalue weighted by atomic mass is 127. The molecule has 0 saturated heterocycles. The zero-order chi connectivity index (χ0) is 11.3. The predicted molar refractivity (Wildman–Crippen MR) is 69.9 cm³/mol. The molecule has 0 amide bonds. The first-order chi connectivity index (χ1) is 7.19. The van der Waals surface area contributed by atoms with E-state index >= 15 is 0 Å². The molecule has 15 heavy (non-hydrogen) atoms. The minimum Gasteiger partial charge on any atom is -0.478 e. The lowest BCUT2D eigenvalue weighted by molar-refractivity contribution is 0.0697. The van der Waals surface area contributed by atoms with Gasteiger partial charge in [-0.3, -0.25) is 0 Å². The average molecular weight is 318 g/mol. The third kappa shape index (κ3) is 3.48. The van der Waals surface area contributed by atoms with Crippen molar-refractivity contribution in [2.75, 3.05) is 4.43 Å². The van der Waals surface area contributed by atoms with Crippen LogP contribution in [0.2, 0.25) is 0 Å². The molecule has 0 aliphatic rings. The maximum absolute atomic E-state index is 10.7. The quantitative estimate of drug-likeness (QED) is 0.664. The van der Waals surface area contributed by atoms with Crippen LogP contribution in [0.25, 0.3) is 0 Å². The van der Waals surface area contributed by atoms with Gasteiger partial charge in [-0.15, -0.1) is 0 Å². The number of carboxylic acids is 1. The fourth-order valence-electron chi connectivity index (χ4n) is 1.64. The molecule has 0 fully saturated rings. The topological polar surface area (TPSA) is 37.3 Å². The van der Waals surface area contributed by atoms with Crippen LogP contribution in [0.5, 0.6) is 0 Å². The Hall–Kier alpha value is -0.580. The van der Waals surface area contributed by atoms with Crippen LogP contribution >= 0.6 is 22.6 Å². The van der Waals surface area contributed by atoms with Crippen LogP contribution in [0.4, 0.5) is 0 Å². The van der Waals surface area contributed by atoms with Crippen molar-refractivity contribution in [3.8, 4) is 0 Å². The molecule has 0 heterocycles. The van der Waals surface area contributed by atoms with Gasteiger partial charge in [0.05, 0.1) is 5.56 Å². The molecule has 0 spiro atoms. The van der Waals surface area contributed by atoms with E-state index in [-0.39, 0.29) is 0 Å². The third-order valence-electron chi connectivity index (χ3n) is 2.58. The predicted octanol–water partition coefficient (Wildman–Crippen LogP) is 3.70. The molecule has 1 unspecified atom stereocenters. The second-order valence-electron chi connectivity index (χ2n) is 3.51. The molecule has 0 bridgehead atoms. The van der Waals surface area contributed by atoms with Crippen molar-refractivity contribution in [3.63, 3.8) is 0 Å². The summed E-state index contributed by atoms with van der Waals surface area (Å²) in [6, 6.07) is 7.24. The van der Waals surface area contributed by atoms with Gasteiger partial charge in [-0.1, -0.05) is 41.6 Å². The van der Waals surface area contributed by atoms with Crippen LogP contribution in [0.15, 0.2) is 24.3 Å². The number of rotatable bonds is 5. The molecule has 1 aromatic rings. The Morgan fingerprint density at radius 1 is 1.40 bits per heavy atom. The van der Waals surface area contributed by atoms with E-state index in [1.807, 2.05) is 12.1 Å². The van der Waals surface area contributed by atoms with Crippen molar-refractivity contribution >= 4 is 28.6 Å². The molecule has 1 aromatic carbocycles. The first-order valence-corrected chi connectivity index (χ1v) is 6.60. The first-order valence-electron chi connectivity index (χ1n) is 5.08. The summed E-state index contributed by atoms with van der Waals surface area (Å²) in [6.45, 7) is 2.17. The van der Waals surface area contributed by atoms with Crippen molar-refractivity contribution in [2.45, 2.75) is 25.7 Å². The molecular formula is C12H15IO2. The summed E-state index contributed by atoms with van der Waals surface area (Å²) in [7, 11) is 0. The third-order valence-corrected chi connectivity index (χ3v) is 3.20. The highest BCUT2D eigenvalue weighted by molar-refractivity contribution is 14.1. The Kier molecular flexibility index (Phi) is 5.08. The SMILES string of the molecule is CCC(CCI)c1ccc(C(=O)O)cc1. The number of halogens is 1. The molecule has 82 valence electrons. The van der Waals surface area contributed by atoms with E-state index in [9.17, 15) is 4.79 Å². The van der Waals surface area contributed by atoms with Gasteiger partial charge in [-0.05, 0) is 36.5 Å². The Morgan fingerprint density at radius 3 is 2.40 bits per heavy atom. The van der Waals surface area contributed by atoms with Gasteiger partial charge in [0.2, 0.25) is 0 Å². The maximum Gasteiger partial charge on any atom is 0.335 e. The van der Waals surface area contributed by atoms with Crippen molar-refractivity contribution in [1.29, 1.82) is 0 Å². The number of hydrogen-bond acceptors (Lipinski definition) is 1. The fourth-order valence-corrected chi connectivity index (χ4v) is 2.39. The van der Waals surface area contributed by atoms with E-state index in [0.29, 0.717) is 11.5 Å². The van der Waals surface area contributed by atoms with Crippen LogP contribution in [-0.4, -0.2) is 15.5 Å². The van der Waals surface area contributed by atoms with Crippen LogP contribution in [0.1, 0.15) is 41.6 Å². The van der Waals surface area contributed by atoms with Crippen LogP contribution in [-0.2, 0) is 0 Å². The van der Waals surface area contributed by atoms with E-state index in [0.717, 1.165) is 17.3 Å². The van der Waals surface area contributed by atoms with Gasteiger partial charge in [-0.2, -0.15) is 0 Å². The standard InChI is InChI=1S/C12H15IO2/c1-2-9(7-8-13)10-3-5-11(6-4-10)12(14)15/h3-6,9H,2,7-8H2,1H3,(H,14,15). The van der Waals surface area contributed by atoms with Crippen LogP contribution in [0, 0.1) is 0 Å².